The van der Waals surface area contributed by atoms with Gasteiger partial charge in [0.2, 0.25) is 5.91 Å². The van der Waals surface area contributed by atoms with E-state index in [4.69, 9.17) is 0 Å². The van der Waals surface area contributed by atoms with Crippen LogP contribution in [-0.4, -0.2) is 26.4 Å². The standard InChI is InChI=1S/C12H10F4N4OS/c1-20-6-17-19-11(20)22-5-10(21)18-9-3-2-7(13)4-8(9)12(14,15)16/h2-4,6H,5H2,1H3,(H,18,21). The van der Waals surface area contributed by atoms with E-state index >= 15 is 0 Å². The van der Waals surface area contributed by atoms with Crippen LogP contribution in [0.25, 0.3) is 0 Å². The highest BCUT2D eigenvalue weighted by Gasteiger charge is 2.34. The second-order valence-electron chi connectivity index (χ2n) is 4.25. The summed E-state index contributed by atoms with van der Waals surface area (Å²) >= 11 is 1.02. The molecule has 0 aliphatic heterocycles. The summed E-state index contributed by atoms with van der Waals surface area (Å²) in [5.41, 5.74) is -1.72. The molecule has 1 heterocycles. The monoisotopic (exact) mass is 334 g/mol. The Hall–Kier alpha value is -2.10. The van der Waals surface area contributed by atoms with Crippen molar-refractivity contribution in [3.63, 3.8) is 0 Å². The molecule has 0 saturated carbocycles. The molecule has 0 aliphatic rings. The van der Waals surface area contributed by atoms with E-state index in [1.165, 1.54) is 6.33 Å². The number of benzene rings is 1. The number of aromatic nitrogens is 3. The largest absolute Gasteiger partial charge is 0.418 e. The molecule has 0 spiro atoms. The minimum atomic E-state index is -4.76. The predicted octanol–water partition coefficient (Wildman–Crippen LogP) is 2.70. The number of nitrogens with one attached hydrogen (secondary N) is 1. The Bertz CT molecular complexity index is 686. The lowest BCUT2D eigenvalue weighted by molar-refractivity contribution is -0.137. The second kappa shape index (κ2) is 6.34. The van der Waals surface area contributed by atoms with E-state index in [1.807, 2.05) is 0 Å². The van der Waals surface area contributed by atoms with Crippen LogP contribution < -0.4 is 5.32 Å². The number of alkyl halides is 3. The molecule has 0 atom stereocenters. The molecule has 0 aliphatic carbocycles. The molecule has 1 aromatic heterocycles. The zero-order valence-corrected chi connectivity index (χ0v) is 12.0. The van der Waals surface area contributed by atoms with Crippen molar-refractivity contribution in [2.75, 3.05) is 11.1 Å². The lowest BCUT2D eigenvalue weighted by Gasteiger charge is -2.13. The van der Waals surface area contributed by atoms with Gasteiger partial charge in [-0.25, -0.2) is 4.39 Å². The van der Waals surface area contributed by atoms with Gasteiger partial charge in [-0.15, -0.1) is 10.2 Å². The number of hydrogen-bond acceptors (Lipinski definition) is 4. The predicted molar refractivity (Wildman–Crippen MR) is 71.8 cm³/mol. The summed E-state index contributed by atoms with van der Waals surface area (Å²) in [5.74, 6) is -1.84. The molecule has 0 saturated heterocycles. The molecule has 0 bridgehead atoms. The van der Waals surface area contributed by atoms with Gasteiger partial charge in [0, 0.05) is 7.05 Å². The first-order valence-corrected chi connectivity index (χ1v) is 6.89. The molecule has 1 amide bonds. The highest BCUT2D eigenvalue weighted by Crippen LogP contribution is 2.35. The molecule has 5 nitrogen and oxygen atoms in total. The Balaban J connectivity index is 2.07. The molecule has 22 heavy (non-hydrogen) atoms. The Morgan fingerprint density at radius 1 is 1.41 bits per heavy atom. The first-order valence-electron chi connectivity index (χ1n) is 5.91. The van der Waals surface area contributed by atoms with Gasteiger partial charge in [0.15, 0.2) is 5.16 Å². The van der Waals surface area contributed by atoms with E-state index in [0.717, 1.165) is 23.9 Å². The van der Waals surface area contributed by atoms with Gasteiger partial charge in [0.25, 0.3) is 0 Å². The average Bonchev–Trinajstić information content (AvgIpc) is 2.83. The SMILES string of the molecule is Cn1cnnc1SCC(=O)Nc1ccc(F)cc1C(F)(F)F. The van der Waals surface area contributed by atoms with Crippen molar-refractivity contribution >= 4 is 23.4 Å². The molecular weight excluding hydrogens is 324 g/mol. The third-order valence-corrected chi connectivity index (χ3v) is 3.60. The summed E-state index contributed by atoms with van der Waals surface area (Å²) < 4.78 is 52.9. The number of nitrogens with zero attached hydrogens (tertiary/aromatic N) is 3. The van der Waals surface area contributed by atoms with E-state index < -0.39 is 29.2 Å². The van der Waals surface area contributed by atoms with Crippen LogP contribution in [-0.2, 0) is 18.0 Å². The van der Waals surface area contributed by atoms with E-state index in [2.05, 4.69) is 15.5 Å². The van der Waals surface area contributed by atoms with Gasteiger partial charge in [-0.1, -0.05) is 11.8 Å². The number of carbonyl (C=O) groups is 1. The Morgan fingerprint density at radius 2 is 2.14 bits per heavy atom. The summed E-state index contributed by atoms with van der Waals surface area (Å²) in [5, 5.41) is 9.91. The van der Waals surface area contributed by atoms with Crippen LogP contribution in [0.1, 0.15) is 5.56 Å². The third-order valence-electron chi connectivity index (χ3n) is 2.56. The number of thioether (sulfide) groups is 1. The normalized spacial score (nSPS) is 11.5. The van der Waals surface area contributed by atoms with E-state index in [9.17, 15) is 22.4 Å². The fourth-order valence-corrected chi connectivity index (χ4v) is 2.27. The number of amides is 1. The van der Waals surface area contributed by atoms with Gasteiger partial charge in [0.1, 0.15) is 12.1 Å². The fourth-order valence-electron chi connectivity index (χ4n) is 1.58. The number of hydrogen-bond donors (Lipinski definition) is 1. The topological polar surface area (TPSA) is 59.8 Å². The van der Waals surface area contributed by atoms with Crippen LogP contribution in [0.15, 0.2) is 29.7 Å². The van der Waals surface area contributed by atoms with Crippen LogP contribution in [0.3, 0.4) is 0 Å². The van der Waals surface area contributed by atoms with E-state index in [1.54, 1.807) is 11.6 Å². The summed E-state index contributed by atoms with van der Waals surface area (Å²) in [6.07, 6.45) is -3.33. The zero-order chi connectivity index (χ0) is 16.3. The van der Waals surface area contributed by atoms with Crippen LogP contribution in [0.2, 0.25) is 0 Å². The maximum absolute atomic E-state index is 13.0. The molecular formula is C12H10F4N4OS. The van der Waals surface area contributed by atoms with Crippen LogP contribution in [0.4, 0.5) is 23.2 Å². The highest BCUT2D eigenvalue weighted by atomic mass is 32.2. The summed E-state index contributed by atoms with van der Waals surface area (Å²) in [6.45, 7) is 0. The molecule has 0 fully saturated rings. The van der Waals surface area contributed by atoms with Crippen LogP contribution in [0, 0.1) is 5.82 Å². The van der Waals surface area contributed by atoms with Gasteiger partial charge in [-0.05, 0) is 18.2 Å². The minimum Gasteiger partial charge on any atom is -0.325 e. The smallest absolute Gasteiger partial charge is 0.325 e. The highest BCUT2D eigenvalue weighted by molar-refractivity contribution is 7.99. The molecule has 0 unspecified atom stereocenters. The van der Waals surface area contributed by atoms with Gasteiger partial charge in [0.05, 0.1) is 17.0 Å². The zero-order valence-electron chi connectivity index (χ0n) is 11.2. The van der Waals surface area contributed by atoms with Crippen LogP contribution >= 0.6 is 11.8 Å². The van der Waals surface area contributed by atoms with Crippen molar-refractivity contribution in [1.82, 2.24) is 14.8 Å². The fraction of sp³-hybridized carbons (Fsp3) is 0.250. The quantitative estimate of drug-likeness (QED) is 0.690. The first-order chi connectivity index (χ1) is 10.3. The maximum Gasteiger partial charge on any atom is 0.418 e. The second-order valence-corrected chi connectivity index (χ2v) is 5.19. The molecule has 2 rings (SSSR count). The third kappa shape index (κ3) is 3.97. The van der Waals surface area contributed by atoms with Crippen molar-refractivity contribution < 1.29 is 22.4 Å². The lowest BCUT2D eigenvalue weighted by Crippen LogP contribution is -2.18. The number of aryl methyl sites for hydroxylation is 1. The van der Waals surface area contributed by atoms with Crippen molar-refractivity contribution in [2.24, 2.45) is 7.05 Å². The Morgan fingerprint density at radius 3 is 2.73 bits per heavy atom. The summed E-state index contributed by atoms with van der Waals surface area (Å²) in [7, 11) is 1.67. The van der Waals surface area contributed by atoms with E-state index in [0.29, 0.717) is 11.2 Å². The Labute approximate surface area is 126 Å². The van der Waals surface area contributed by atoms with Crippen molar-refractivity contribution in [3.05, 3.63) is 35.9 Å². The molecule has 1 N–H and O–H groups in total. The van der Waals surface area contributed by atoms with Gasteiger partial charge in [-0.2, -0.15) is 13.2 Å². The number of rotatable bonds is 4. The maximum atomic E-state index is 13.0. The van der Waals surface area contributed by atoms with Gasteiger partial charge in [-0.3, -0.25) is 4.79 Å². The summed E-state index contributed by atoms with van der Waals surface area (Å²) in [6, 6.07) is 2.06. The lowest BCUT2D eigenvalue weighted by atomic mass is 10.1. The molecule has 118 valence electrons. The number of anilines is 1. The molecule has 2 aromatic rings. The van der Waals surface area contributed by atoms with Gasteiger partial charge < -0.3 is 9.88 Å². The van der Waals surface area contributed by atoms with E-state index in [-0.39, 0.29) is 5.75 Å². The van der Waals surface area contributed by atoms with Crippen molar-refractivity contribution in [1.29, 1.82) is 0 Å². The summed E-state index contributed by atoms with van der Waals surface area (Å²) in [4.78, 5) is 11.7. The average molecular weight is 334 g/mol. The van der Waals surface area contributed by atoms with Crippen molar-refractivity contribution in [2.45, 2.75) is 11.3 Å². The van der Waals surface area contributed by atoms with Crippen molar-refractivity contribution in [3.8, 4) is 0 Å². The number of halogens is 4. The van der Waals surface area contributed by atoms with Gasteiger partial charge >= 0.3 is 6.18 Å². The molecule has 0 radical (unpaired) electrons. The Kier molecular flexibility index (Phi) is 4.69. The van der Waals surface area contributed by atoms with Crippen LogP contribution in [0.5, 0.6) is 0 Å². The number of carbonyl (C=O) groups excluding carboxylic acids is 1. The minimum absolute atomic E-state index is 0.152. The molecule has 1 aromatic carbocycles. The first kappa shape index (κ1) is 16.3. The molecule has 10 heteroatoms.